The zero-order valence-corrected chi connectivity index (χ0v) is 23.9. The first-order valence-electron chi connectivity index (χ1n) is 12.2. The van der Waals surface area contributed by atoms with Crippen molar-refractivity contribution in [3.05, 3.63) is 55.4 Å². The molecule has 1 fully saturated rings. The van der Waals surface area contributed by atoms with Crippen molar-refractivity contribution in [2.45, 2.75) is 72.5 Å². The fourth-order valence-corrected chi connectivity index (χ4v) is 5.56. The molecule has 2 heterocycles. The summed E-state index contributed by atoms with van der Waals surface area (Å²) >= 11 is 4.47. The molecule has 0 saturated carbocycles. The number of benzene rings is 2. The minimum absolute atomic E-state index is 0.167. The third-order valence-corrected chi connectivity index (χ3v) is 8.32. The van der Waals surface area contributed by atoms with Crippen molar-refractivity contribution in [2.24, 2.45) is 0 Å². The lowest BCUT2D eigenvalue weighted by molar-refractivity contribution is -0.115. The van der Waals surface area contributed by atoms with E-state index in [4.69, 9.17) is 14.2 Å². The van der Waals surface area contributed by atoms with Gasteiger partial charge in [-0.3, -0.25) is 14.9 Å². The highest BCUT2D eigenvalue weighted by atomic mass is 79.9. The second-order valence-corrected chi connectivity index (χ2v) is 11.6. The van der Waals surface area contributed by atoms with E-state index in [1.807, 2.05) is 18.2 Å². The maximum atomic E-state index is 11.8. The second-order valence-electron chi connectivity index (χ2n) is 9.73. The van der Waals surface area contributed by atoms with Gasteiger partial charge in [0.25, 0.3) is 11.1 Å². The molecule has 0 aromatic heterocycles. The lowest BCUT2D eigenvalue weighted by Crippen LogP contribution is -2.42. The van der Waals surface area contributed by atoms with Crippen LogP contribution < -0.4 is 19.5 Å². The molecule has 2 aromatic carbocycles. The average Bonchev–Trinajstić information content (AvgIpc) is 3.15. The van der Waals surface area contributed by atoms with E-state index >= 15 is 0 Å². The van der Waals surface area contributed by atoms with Gasteiger partial charge in [-0.15, -0.1) is 0 Å². The molecule has 0 spiro atoms. The molecule has 2 aromatic rings. The van der Waals surface area contributed by atoms with Crippen LogP contribution in [-0.4, -0.2) is 29.5 Å². The standard InChI is InChI=1S/C28H32BrNO5S/c1-7-15(2)34-24-16(3)17(4)25-20(18(24)5)10-11-28(6,35-25)14-33-22-9-8-19(12-21(22)29)13-23-26(31)30-27(32)36-23/h8-9,12-13,15H,7,10-11,14H2,1-6H3,(H,30,31,32). The molecule has 4 rings (SSSR count). The van der Waals surface area contributed by atoms with Crippen LogP contribution in [0.25, 0.3) is 6.08 Å². The first-order chi connectivity index (χ1) is 17.0. The zero-order valence-electron chi connectivity index (χ0n) is 21.5. The quantitative estimate of drug-likeness (QED) is 0.358. The Balaban J connectivity index is 1.49. The topological polar surface area (TPSA) is 73.9 Å². The summed E-state index contributed by atoms with van der Waals surface area (Å²) in [5.74, 6) is 2.25. The van der Waals surface area contributed by atoms with Gasteiger partial charge < -0.3 is 14.2 Å². The third kappa shape index (κ3) is 5.44. The monoisotopic (exact) mass is 573 g/mol. The van der Waals surface area contributed by atoms with Crippen LogP contribution in [0.3, 0.4) is 0 Å². The van der Waals surface area contributed by atoms with E-state index < -0.39 is 5.60 Å². The van der Waals surface area contributed by atoms with Gasteiger partial charge in [0.2, 0.25) is 0 Å². The maximum absolute atomic E-state index is 11.8. The van der Waals surface area contributed by atoms with E-state index in [0.29, 0.717) is 17.3 Å². The highest BCUT2D eigenvalue weighted by molar-refractivity contribution is 9.10. The van der Waals surface area contributed by atoms with Gasteiger partial charge in [-0.2, -0.15) is 0 Å². The molecule has 2 amide bonds. The fraction of sp³-hybridized carbons (Fsp3) is 0.429. The van der Waals surface area contributed by atoms with Crippen LogP contribution in [0.15, 0.2) is 27.6 Å². The molecule has 2 atom stereocenters. The summed E-state index contributed by atoms with van der Waals surface area (Å²) in [6, 6.07) is 5.58. The second kappa shape index (κ2) is 10.5. The van der Waals surface area contributed by atoms with E-state index in [2.05, 4.69) is 62.8 Å². The van der Waals surface area contributed by atoms with Crippen LogP contribution in [0.4, 0.5) is 4.79 Å². The summed E-state index contributed by atoms with van der Waals surface area (Å²) in [6.45, 7) is 13.0. The number of thioether (sulfide) groups is 1. The van der Waals surface area contributed by atoms with Gasteiger partial charge in [0.1, 0.15) is 29.5 Å². The molecule has 2 aliphatic heterocycles. The summed E-state index contributed by atoms with van der Waals surface area (Å²) in [6.07, 6.45) is 4.54. The van der Waals surface area contributed by atoms with Crippen LogP contribution in [0, 0.1) is 20.8 Å². The molecule has 0 bridgehead atoms. The number of amides is 2. The molecule has 36 heavy (non-hydrogen) atoms. The number of hydrogen-bond acceptors (Lipinski definition) is 6. The summed E-state index contributed by atoms with van der Waals surface area (Å²) in [5, 5.41) is 1.91. The molecule has 1 N–H and O–H groups in total. The first-order valence-corrected chi connectivity index (χ1v) is 13.8. The van der Waals surface area contributed by atoms with Crippen molar-refractivity contribution < 1.29 is 23.8 Å². The Hall–Kier alpha value is -2.45. The number of carbonyl (C=O) groups is 2. The van der Waals surface area contributed by atoms with E-state index in [0.717, 1.165) is 63.7 Å². The first kappa shape index (κ1) is 26.6. The number of ether oxygens (including phenoxy) is 3. The smallest absolute Gasteiger partial charge is 0.290 e. The van der Waals surface area contributed by atoms with Gasteiger partial charge in [-0.25, -0.2) is 0 Å². The Bertz CT molecular complexity index is 1260. The molecule has 8 heteroatoms. The molecule has 1 saturated heterocycles. The SMILES string of the molecule is CCC(C)Oc1c(C)c(C)c2c(c1C)CCC(C)(COc1ccc(C=C3SC(=O)NC3=O)cc1Br)O2. The Kier molecular flexibility index (Phi) is 7.76. The number of fused-ring (bicyclic) bond motifs is 1. The summed E-state index contributed by atoms with van der Waals surface area (Å²) in [7, 11) is 0. The highest BCUT2D eigenvalue weighted by Gasteiger charge is 2.36. The Morgan fingerprint density at radius 1 is 1.22 bits per heavy atom. The van der Waals surface area contributed by atoms with E-state index in [9.17, 15) is 9.59 Å². The normalized spacial score (nSPS) is 21.1. The van der Waals surface area contributed by atoms with Crippen LogP contribution in [-0.2, 0) is 11.2 Å². The molecular formula is C28H32BrNO5S. The molecule has 2 unspecified atom stereocenters. The van der Waals surface area contributed by atoms with Gasteiger partial charge in [0.05, 0.1) is 15.5 Å². The molecule has 0 radical (unpaired) electrons. The zero-order chi connectivity index (χ0) is 26.2. The molecule has 2 aliphatic rings. The van der Waals surface area contributed by atoms with Crippen molar-refractivity contribution in [1.82, 2.24) is 5.32 Å². The van der Waals surface area contributed by atoms with Gasteiger partial charge >= 0.3 is 0 Å². The fourth-order valence-electron chi connectivity index (χ4n) is 4.37. The van der Waals surface area contributed by atoms with Gasteiger partial charge in [-0.05, 0) is 122 Å². The van der Waals surface area contributed by atoms with Crippen LogP contribution >= 0.6 is 27.7 Å². The lowest BCUT2D eigenvalue weighted by atomic mass is 9.87. The van der Waals surface area contributed by atoms with Crippen LogP contribution in [0.2, 0.25) is 0 Å². The number of carbonyl (C=O) groups excluding carboxylic acids is 2. The Labute approximate surface area is 225 Å². The van der Waals surface area contributed by atoms with Gasteiger partial charge in [0.15, 0.2) is 0 Å². The molecule has 192 valence electrons. The average molecular weight is 575 g/mol. The highest BCUT2D eigenvalue weighted by Crippen LogP contribution is 2.44. The number of imide groups is 1. The summed E-state index contributed by atoms with van der Waals surface area (Å²) in [4.78, 5) is 23.6. The van der Waals surface area contributed by atoms with E-state index in [1.54, 1.807) is 6.08 Å². The lowest BCUT2D eigenvalue weighted by Gasteiger charge is -2.38. The number of hydrogen-bond donors (Lipinski definition) is 1. The van der Waals surface area contributed by atoms with Crippen LogP contribution in [0.5, 0.6) is 17.2 Å². The maximum Gasteiger partial charge on any atom is 0.290 e. The minimum Gasteiger partial charge on any atom is -0.490 e. The largest absolute Gasteiger partial charge is 0.490 e. The van der Waals surface area contributed by atoms with E-state index in [-0.39, 0.29) is 17.3 Å². The third-order valence-electron chi connectivity index (χ3n) is 6.89. The minimum atomic E-state index is -0.477. The van der Waals surface area contributed by atoms with Crippen molar-refractivity contribution in [2.75, 3.05) is 6.61 Å². The summed E-state index contributed by atoms with van der Waals surface area (Å²) in [5.41, 5.74) is 4.95. The summed E-state index contributed by atoms with van der Waals surface area (Å²) < 4.78 is 19.8. The van der Waals surface area contributed by atoms with Crippen molar-refractivity contribution in [3.63, 3.8) is 0 Å². The van der Waals surface area contributed by atoms with E-state index in [1.165, 1.54) is 11.1 Å². The Morgan fingerprint density at radius 2 is 1.97 bits per heavy atom. The Morgan fingerprint density at radius 3 is 2.61 bits per heavy atom. The number of halogens is 1. The molecule has 0 aliphatic carbocycles. The number of nitrogens with one attached hydrogen (secondary N) is 1. The van der Waals surface area contributed by atoms with Gasteiger partial charge in [-0.1, -0.05) is 13.0 Å². The van der Waals surface area contributed by atoms with Crippen molar-refractivity contribution in [3.8, 4) is 17.2 Å². The predicted octanol–water partition coefficient (Wildman–Crippen LogP) is 7.04. The van der Waals surface area contributed by atoms with Crippen molar-refractivity contribution in [1.29, 1.82) is 0 Å². The molecular weight excluding hydrogens is 542 g/mol. The van der Waals surface area contributed by atoms with Crippen LogP contribution in [0.1, 0.15) is 61.4 Å². The van der Waals surface area contributed by atoms with Crippen molar-refractivity contribution >= 4 is 44.9 Å². The molecule has 6 nitrogen and oxygen atoms in total. The number of rotatable bonds is 7. The van der Waals surface area contributed by atoms with Gasteiger partial charge in [0, 0.05) is 5.56 Å². The predicted molar refractivity (Wildman–Crippen MR) is 147 cm³/mol.